The fourth-order valence-electron chi connectivity index (χ4n) is 1.76. The van der Waals surface area contributed by atoms with E-state index in [1.165, 1.54) is 6.33 Å². The van der Waals surface area contributed by atoms with Gasteiger partial charge in [0.2, 0.25) is 5.88 Å². The van der Waals surface area contributed by atoms with Crippen molar-refractivity contribution in [3.8, 4) is 5.88 Å². The Hall–Kier alpha value is -2.11. The molecule has 0 bridgehead atoms. The highest BCUT2D eigenvalue weighted by Crippen LogP contribution is 2.15. The van der Waals surface area contributed by atoms with Gasteiger partial charge >= 0.3 is 0 Å². The highest BCUT2D eigenvalue weighted by atomic mass is 16.5. The molecule has 0 aromatic carbocycles. The molecule has 2 aromatic rings. The number of nitrogens with zero attached hydrogens (tertiary/aromatic N) is 4. The molecule has 0 saturated heterocycles. The van der Waals surface area contributed by atoms with Crippen LogP contribution >= 0.6 is 0 Å². The van der Waals surface area contributed by atoms with Gasteiger partial charge in [0, 0.05) is 31.0 Å². The first-order chi connectivity index (χ1) is 9.19. The maximum atomic E-state index is 5.10. The highest BCUT2D eigenvalue weighted by Gasteiger charge is 2.14. The van der Waals surface area contributed by atoms with E-state index in [0.717, 1.165) is 12.4 Å². The summed E-state index contributed by atoms with van der Waals surface area (Å²) in [5.41, 5.74) is 0. The number of hydrogen-bond donors (Lipinski definition) is 1. The molecule has 0 aliphatic rings. The number of ether oxygens (including phenoxy) is 1. The van der Waals surface area contributed by atoms with Crippen LogP contribution in [0.15, 0.2) is 31.1 Å². The van der Waals surface area contributed by atoms with E-state index < -0.39 is 0 Å². The van der Waals surface area contributed by atoms with Crippen LogP contribution in [0.25, 0.3) is 0 Å². The fourth-order valence-corrected chi connectivity index (χ4v) is 1.76. The van der Waals surface area contributed by atoms with E-state index in [1.54, 1.807) is 19.4 Å². The molecule has 0 fully saturated rings. The molecule has 102 valence electrons. The monoisotopic (exact) mass is 261 g/mol. The molecular weight excluding hydrogens is 242 g/mol. The third kappa shape index (κ3) is 3.67. The van der Waals surface area contributed by atoms with Crippen molar-refractivity contribution in [2.45, 2.75) is 26.4 Å². The van der Waals surface area contributed by atoms with Gasteiger partial charge in [0.15, 0.2) is 0 Å². The summed E-state index contributed by atoms with van der Waals surface area (Å²) in [5.74, 6) is 1.79. The lowest BCUT2D eigenvalue weighted by Crippen LogP contribution is -2.30. The fraction of sp³-hybridized carbons (Fsp3) is 0.462. The molecule has 0 amide bonds. The molecular formula is C13H19N5O. The molecule has 0 saturated carbocycles. The number of hydrogen-bond acceptors (Lipinski definition) is 5. The number of imidazole rings is 1. The molecule has 0 aliphatic carbocycles. The predicted molar refractivity (Wildman–Crippen MR) is 73.1 cm³/mol. The number of methoxy groups -OCH3 is 1. The summed E-state index contributed by atoms with van der Waals surface area (Å²) in [5, 5.41) is 3.41. The van der Waals surface area contributed by atoms with Crippen LogP contribution in [0, 0.1) is 5.92 Å². The molecule has 0 radical (unpaired) electrons. The first kappa shape index (κ1) is 13.3. The van der Waals surface area contributed by atoms with Gasteiger partial charge in [0.25, 0.3) is 0 Å². The second-order valence-corrected chi connectivity index (χ2v) is 4.70. The highest BCUT2D eigenvalue weighted by molar-refractivity contribution is 5.38. The quantitative estimate of drug-likeness (QED) is 0.859. The summed E-state index contributed by atoms with van der Waals surface area (Å²) in [6, 6.07) is 2.05. The van der Waals surface area contributed by atoms with Crippen LogP contribution in [0.1, 0.15) is 13.8 Å². The van der Waals surface area contributed by atoms with E-state index in [1.807, 2.05) is 12.5 Å². The third-order valence-electron chi connectivity index (χ3n) is 2.96. The Bertz CT molecular complexity index is 497. The van der Waals surface area contributed by atoms with Gasteiger partial charge in [0.1, 0.15) is 12.1 Å². The van der Waals surface area contributed by atoms with Crippen LogP contribution in [0.4, 0.5) is 5.82 Å². The molecule has 2 rings (SSSR count). The number of aromatic nitrogens is 4. The number of nitrogens with one attached hydrogen (secondary N) is 1. The lowest BCUT2D eigenvalue weighted by Gasteiger charge is -2.23. The minimum atomic E-state index is 0.258. The minimum absolute atomic E-state index is 0.258. The summed E-state index contributed by atoms with van der Waals surface area (Å²) < 4.78 is 7.15. The molecule has 6 nitrogen and oxygen atoms in total. The van der Waals surface area contributed by atoms with Gasteiger partial charge in [-0.15, -0.1) is 0 Å². The van der Waals surface area contributed by atoms with Crippen molar-refractivity contribution in [2.75, 3.05) is 12.4 Å². The van der Waals surface area contributed by atoms with Crippen LogP contribution in [-0.4, -0.2) is 32.7 Å². The van der Waals surface area contributed by atoms with Crippen molar-refractivity contribution in [2.24, 2.45) is 5.92 Å². The Labute approximate surface area is 112 Å². The average molecular weight is 261 g/mol. The average Bonchev–Trinajstić information content (AvgIpc) is 2.91. The molecule has 19 heavy (non-hydrogen) atoms. The van der Waals surface area contributed by atoms with Gasteiger partial charge in [-0.3, -0.25) is 0 Å². The standard InChI is InChI=1S/C13H19N5O/c1-10(2)11(7-18-5-4-14-9-18)17-12-6-13(19-3)16-8-15-12/h4-6,8-11H,7H2,1-3H3,(H,15,16,17). The Kier molecular flexibility index (Phi) is 4.33. The van der Waals surface area contributed by atoms with Crippen LogP contribution in [-0.2, 0) is 6.54 Å². The number of rotatable bonds is 6. The van der Waals surface area contributed by atoms with Gasteiger partial charge in [-0.2, -0.15) is 0 Å². The minimum Gasteiger partial charge on any atom is -0.481 e. The van der Waals surface area contributed by atoms with Crippen LogP contribution in [0.5, 0.6) is 5.88 Å². The zero-order chi connectivity index (χ0) is 13.7. The third-order valence-corrected chi connectivity index (χ3v) is 2.96. The van der Waals surface area contributed by atoms with Gasteiger partial charge in [-0.1, -0.05) is 13.8 Å². The zero-order valence-electron chi connectivity index (χ0n) is 11.4. The Balaban J connectivity index is 2.07. The van der Waals surface area contributed by atoms with Crippen molar-refractivity contribution in [1.82, 2.24) is 19.5 Å². The predicted octanol–water partition coefficient (Wildman–Crippen LogP) is 1.82. The Morgan fingerprint density at radius 3 is 2.84 bits per heavy atom. The first-order valence-electron chi connectivity index (χ1n) is 6.27. The summed E-state index contributed by atoms with van der Waals surface area (Å²) in [6.07, 6.45) is 7.05. The summed E-state index contributed by atoms with van der Waals surface area (Å²) in [4.78, 5) is 12.3. The molecule has 1 atom stereocenters. The van der Waals surface area contributed by atoms with Crippen LogP contribution in [0.3, 0.4) is 0 Å². The lowest BCUT2D eigenvalue weighted by atomic mass is 10.0. The van der Waals surface area contributed by atoms with E-state index >= 15 is 0 Å². The normalized spacial score (nSPS) is 12.4. The maximum Gasteiger partial charge on any atom is 0.218 e. The van der Waals surface area contributed by atoms with E-state index in [2.05, 4.69) is 38.7 Å². The number of anilines is 1. The van der Waals surface area contributed by atoms with Gasteiger partial charge in [-0.25, -0.2) is 15.0 Å². The van der Waals surface area contributed by atoms with E-state index in [0.29, 0.717) is 11.8 Å². The zero-order valence-corrected chi connectivity index (χ0v) is 11.4. The molecule has 1 N–H and O–H groups in total. The molecule has 0 spiro atoms. The van der Waals surface area contributed by atoms with E-state index in [-0.39, 0.29) is 6.04 Å². The maximum absolute atomic E-state index is 5.10. The first-order valence-corrected chi connectivity index (χ1v) is 6.27. The topological polar surface area (TPSA) is 64.9 Å². The second-order valence-electron chi connectivity index (χ2n) is 4.70. The molecule has 1 unspecified atom stereocenters. The second kappa shape index (κ2) is 6.17. The SMILES string of the molecule is COc1cc(NC(Cn2ccnc2)C(C)C)ncn1. The molecule has 2 heterocycles. The summed E-state index contributed by atoms with van der Waals surface area (Å²) in [6.45, 7) is 5.18. The van der Waals surface area contributed by atoms with Crippen molar-refractivity contribution < 1.29 is 4.74 Å². The Morgan fingerprint density at radius 2 is 2.21 bits per heavy atom. The van der Waals surface area contributed by atoms with Gasteiger partial charge < -0.3 is 14.6 Å². The largest absolute Gasteiger partial charge is 0.481 e. The van der Waals surface area contributed by atoms with Crippen molar-refractivity contribution >= 4 is 5.82 Å². The van der Waals surface area contributed by atoms with E-state index in [9.17, 15) is 0 Å². The molecule has 0 aliphatic heterocycles. The smallest absolute Gasteiger partial charge is 0.218 e. The van der Waals surface area contributed by atoms with E-state index in [4.69, 9.17) is 4.74 Å². The van der Waals surface area contributed by atoms with Gasteiger partial charge in [0.05, 0.1) is 13.4 Å². The van der Waals surface area contributed by atoms with Gasteiger partial charge in [-0.05, 0) is 5.92 Å². The van der Waals surface area contributed by atoms with Crippen LogP contribution in [0.2, 0.25) is 0 Å². The Morgan fingerprint density at radius 1 is 1.37 bits per heavy atom. The summed E-state index contributed by atoms with van der Waals surface area (Å²) >= 11 is 0. The lowest BCUT2D eigenvalue weighted by molar-refractivity contribution is 0.396. The molecule has 6 heteroatoms. The van der Waals surface area contributed by atoms with Crippen LogP contribution < -0.4 is 10.1 Å². The van der Waals surface area contributed by atoms with Crippen molar-refractivity contribution in [3.05, 3.63) is 31.1 Å². The van der Waals surface area contributed by atoms with Crippen molar-refractivity contribution in [3.63, 3.8) is 0 Å². The van der Waals surface area contributed by atoms with Crippen molar-refractivity contribution in [1.29, 1.82) is 0 Å². The molecule has 2 aromatic heterocycles. The summed E-state index contributed by atoms with van der Waals surface area (Å²) in [7, 11) is 1.59.